The minimum atomic E-state index is -0.0846. The van der Waals surface area contributed by atoms with Gasteiger partial charge >= 0.3 is 6.03 Å². The summed E-state index contributed by atoms with van der Waals surface area (Å²) in [6.45, 7) is 3.77. The lowest BCUT2D eigenvalue weighted by molar-refractivity contribution is 0.134. The molecule has 0 spiro atoms. The van der Waals surface area contributed by atoms with Crippen LogP contribution in [0.4, 0.5) is 10.6 Å². The predicted octanol–water partition coefficient (Wildman–Crippen LogP) is 4.03. The van der Waals surface area contributed by atoms with E-state index in [-0.39, 0.29) is 6.03 Å². The van der Waals surface area contributed by atoms with E-state index in [2.05, 4.69) is 45.1 Å². The molecule has 2 aromatic carbocycles. The molecule has 0 bridgehead atoms. The molecule has 7 nitrogen and oxygen atoms in total. The Morgan fingerprint density at radius 3 is 2.55 bits per heavy atom. The molecule has 1 aromatic heterocycles. The third kappa shape index (κ3) is 5.03. The number of rotatable bonds is 6. The van der Waals surface area contributed by atoms with Crippen LogP contribution < -0.4 is 9.46 Å². The van der Waals surface area contributed by atoms with Crippen LogP contribution >= 0.6 is 11.9 Å². The SMILES string of the molecule is COc1cc(-c2ccccc2)ccc1CN1CCN(C(=O)n2ccc(NSC)n2)CC1. The van der Waals surface area contributed by atoms with Gasteiger partial charge in [0.2, 0.25) is 0 Å². The Kier molecular flexibility index (Phi) is 6.79. The zero-order chi connectivity index (χ0) is 21.6. The van der Waals surface area contributed by atoms with E-state index < -0.39 is 0 Å². The van der Waals surface area contributed by atoms with Crippen LogP contribution in [0.5, 0.6) is 5.75 Å². The Bertz CT molecular complexity index is 1020. The minimum absolute atomic E-state index is 0.0846. The summed E-state index contributed by atoms with van der Waals surface area (Å²) >= 11 is 1.45. The van der Waals surface area contributed by atoms with Crippen molar-refractivity contribution < 1.29 is 9.53 Å². The van der Waals surface area contributed by atoms with Crippen LogP contribution in [-0.4, -0.2) is 65.2 Å². The maximum atomic E-state index is 12.7. The van der Waals surface area contributed by atoms with Gasteiger partial charge in [0.15, 0.2) is 5.82 Å². The average Bonchev–Trinajstić information content (AvgIpc) is 3.29. The van der Waals surface area contributed by atoms with Crippen LogP contribution in [0.3, 0.4) is 0 Å². The number of nitrogens with one attached hydrogen (secondary N) is 1. The number of amides is 1. The molecular weight excluding hydrogens is 410 g/mol. The lowest BCUT2D eigenvalue weighted by atomic mass is 10.0. The molecule has 0 aliphatic carbocycles. The molecule has 0 saturated carbocycles. The number of hydrogen-bond acceptors (Lipinski definition) is 6. The average molecular weight is 438 g/mol. The van der Waals surface area contributed by atoms with E-state index in [1.165, 1.54) is 22.2 Å². The number of carbonyl (C=O) groups is 1. The summed E-state index contributed by atoms with van der Waals surface area (Å²) in [5, 5.41) is 4.28. The van der Waals surface area contributed by atoms with Gasteiger partial charge in [-0.15, -0.1) is 5.10 Å². The van der Waals surface area contributed by atoms with Gasteiger partial charge in [-0.3, -0.25) is 4.90 Å². The highest BCUT2D eigenvalue weighted by molar-refractivity contribution is 7.99. The van der Waals surface area contributed by atoms with Crippen molar-refractivity contribution in [3.8, 4) is 16.9 Å². The lowest BCUT2D eigenvalue weighted by Crippen LogP contribution is -2.49. The fourth-order valence-electron chi connectivity index (χ4n) is 3.76. The van der Waals surface area contributed by atoms with Gasteiger partial charge < -0.3 is 14.4 Å². The molecule has 8 heteroatoms. The number of nitrogens with zero attached hydrogens (tertiary/aromatic N) is 4. The van der Waals surface area contributed by atoms with Gasteiger partial charge in [-0.05, 0) is 17.2 Å². The Morgan fingerprint density at radius 2 is 1.84 bits per heavy atom. The van der Waals surface area contributed by atoms with Gasteiger partial charge in [0.25, 0.3) is 0 Å². The summed E-state index contributed by atoms with van der Waals surface area (Å²) < 4.78 is 10.1. The number of methoxy groups -OCH3 is 1. The number of carbonyl (C=O) groups excluding carboxylic acids is 1. The summed E-state index contributed by atoms with van der Waals surface area (Å²) in [6.07, 6.45) is 3.62. The molecule has 1 aliphatic heterocycles. The molecule has 1 fully saturated rings. The van der Waals surface area contributed by atoms with Crippen molar-refractivity contribution in [2.75, 3.05) is 44.3 Å². The largest absolute Gasteiger partial charge is 0.496 e. The van der Waals surface area contributed by atoms with Crippen LogP contribution in [-0.2, 0) is 6.54 Å². The number of benzene rings is 2. The van der Waals surface area contributed by atoms with Gasteiger partial charge in [0.05, 0.1) is 7.11 Å². The third-order valence-electron chi connectivity index (χ3n) is 5.42. The van der Waals surface area contributed by atoms with E-state index in [0.29, 0.717) is 18.9 Å². The molecule has 2 heterocycles. The van der Waals surface area contributed by atoms with Crippen molar-refractivity contribution in [2.24, 2.45) is 0 Å². The lowest BCUT2D eigenvalue weighted by Gasteiger charge is -2.34. The predicted molar refractivity (Wildman–Crippen MR) is 125 cm³/mol. The Hall–Kier alpha value is -2.97. The van der Waals surface area contributed by atoms with Crippen LogP contribution in [0.15, 0.2) is 60.8 Å². The number of hydrogen-bond donors (Lipinski definition) is 1. The first kappa shape index (κ1) is 21.3. The number of ether oxygens (including phenoxy) is 1. The van der Waals surface area contributed by atoms with Crippen LogP contribution in [0.2, 0.25) is 0 Å². The molecule has 162 valence electrons. The highest BCUT2D eigenvalue weighted by atomic mass is 32.2. The highest BCUT2D eigenvalue weighted by Gasteiger charge is 2.23. The van der Waals surface area contributed by atoms with E-state index in [1.54, 1.807) is 19.4 Å². The van der Waals surface area contributed by atoms with Crippen molar-refractivity contribution >= 4 is 23.8 Å². The standard InChI is InChI=1S/C23H27N5O2S/c1-30-21-16-19(18-6-4-3-5-7-18)8-9-20(21)17-26-12-14-27(15-13-26)23(29)28-11-10-22(24-28)25-31-2/h3-11,16H,12-15,17H2,1-2H3,(H,24,25). The summed E-state index contributed by atoms with van der Waals surface area (Å²) in [7, 11) is 1.72. The van der Waals surface area contributed by atoms with Crippen molar-refractivity contribution in [2.45, 2.75) is 6.54 Å². The van der Waals surface area contributed by atoms with E-state index in [9.17, 15) is 4.79 Å². The topological polar surface area (TPSA) is 62.6 Å². The first-order valence-corrected chi connectivity index (χ1v) is 11.5. The second-order valence-electron chi connectivity index (χ2n) is 7.39. The first-order chi connectivity index (χ1) is 15.2. The zero-order valence-corrected chi connectivity index (χ0v) is 18.6. The smallest absolute Gasteiger partial charge is 0.344 e. The maximum absolute atomic E-state index is 12.7. The summed E-state index contributed by atoms with van der Waals surface area (Å²) in [5.74, 6) is 1.58. The summed E-state index contributed by atoms with van der Waals surface area (Å²) in [4.78, 5) is 16.9. The molecule has 0 radical (unpaired) electrons. The van der Waals surface area contributed by atoms with Crippen molar-refractivity contribution in [1.29, 1.82) is 0 Å². The monoisotopic (exact) mass is 437 g/mol. The number of piperazine rings is 1. The normalized spacial score (nSPS) is 14.5. The van der Waals surface area contributed by atoms with Crippen LogP contribution in [0.25, 0.3) is 11.1 Å². The third-order valence-corrected chi connectivity index (χ3v) is 5.84. The minimum Gasteiger partial charge on any atom is -0.496 e. The van der Waals surface area contributed by atoms with Gasteiger partial charge in [0.1, 0.15) is 5.75 Å². The molecule has 4 rings (SSSR count). The van der Waals surface area contributed by atoms with E-state index >= 15 is 0 Å². The fraction of sp³-hybridized carbons (Fsp3) is 0.304. The molecule has 1 amide bonds. The van der Waals surface area contributed by atoms with Gasteiger partial charge in [-0.1, -0.05) is 54.4 Å². The quantitative estimate of drug-likeness (QED) is 0.588. The number of aromatic nitrogens is 2. The summed E-state index contributed by atoms with van der Waals surface area (Å²) in [6, 6.07) is 18.4. The molecule has 0 atom stereocenters. The molecular formula is C23H27N5O2S. The molecule has 3 aromatic rings. The van der Waals surface area contributed by atoms with E-state index in [4.69, 9.17) is 4.74 Å². The Morgan fingerprint density at radius 1 is 1.06 bits per heavy atom. The summed E-state index contributed by atoms with van der Waals surface area (Å²) in [5.41, 5.74) is 3.47. The fourth-order valence-corrected chi connectivity index (χ4v) is 4.08. The Balaban J connectivity index is 1.36. The van der Waals surface area contributed by atoms with Crippen molar-refractivity contribution in [1.82, 2.24) is 19.6 Å². The van der Waals surface area contributed by atoms with E-state index in [0.717, 1.165) is 36.5 Å². The molecule has 1 saturated heterocycles. The van der Waals surface area contributed by atoms with E-state index in [1.807, 2.05) is 29.4 Å². The second-order valence-corrected chi connectivity index (χ2v) is 8.00. The molecule has 0 unspecified atom stereocenters. The van der Waals surface area contributed by atoms with Crippen molar-refractivity contribution in [3.05, 3.63) is 66.4 Å². The number of anilines is 1. The first-order valence-electron chi connectivity index (χ1n) is 10.3. The second kappa shape index (κ2) is 9.89. The molecule has 1 N–H and O–H groups in total. The van der Waals surface area contributed by atoms with Gasteiger partial charge in [-0.25, -0.2) is 4.79 Å². The Labute approximate surface area is 187 Å². The van der Waals surface area contributed by atoms with Gasteiger partial charge in [-0.2, -0.15) is 4.68 Å². The molecule has 31 heavy (non-hydrogen) atoms. The van der Waals surface area contributed by atoms with Crippen LogP contribution in [0, 0.1) is 0 Å². The van der Waals surface area contributed by atoms with Gasteiger partial charge in [0, 0.05) is 56.8 Å². The molecule has 1 aliphatic rings. The van der Waals surface area contributed by atoms with Crippen LogP contribution in [0.1, 0.15) is 5.56 Å². The van der Waals surface area contributed by atoms with Crippen molar-refractivity contribution in [3.63, 3.8) is 0 Å². The highest BCUT2D eigenvalue weighted by Crippen LogP contribution is 2.28. The zero-order valence-electron chi connectivity index (χ0n) is 17.8. The maximum Gasteiger partial charge on any atom is 0.344 e.